The van der Waals surface area contributed by atoms with E-state index in [4.69, 9.17) is 14.2 Å². The first kappa shape index (κ1) is 19.1. The van der Waals surface area contributed by atoms with Gasteiger partial charge in [0.2, 0.25) is 5.89 Å². The van der Waals surface area contributed by atoms with Gasteiger partial charge in [0.1, 0.15) is 5.82 Å². The standard InChI is InChI=1S/C22H29FN4O2/c23-19-14-24-8-3-18(19)15-27-9-6-22(7-10-27,13-16-1-2-16)21-25-20(29-26-21)17-4-11-28-12-5-17/h3,8,14,16-17H,1-2,4-7,9-13,15H2. The van der Waals surface area contributed by atoms with Crippen LogP contribution in [0.25, 0.3) is 0 Å². The Labute approximate surface area is 170 Å². The highest BCUT2D eigenvalue weighted by molar-refractivity contribution is 5.15. The van der Waals surface area contributed by atoms with E-state index in [1.54, 1.807) is 12.3 Å². The van der Waals surface area contributed by atoms with E-state index >= 15 is 0 Å². The van der Waals surface area contributed by atoms with Crippen LogP contribution >= 0.6 is 0 Å². The highest BCUT2D eigenvalue weighted by Gasteiger charge is 2.44. The molecule has 4 heterocycles. The molecule has 0 bridgehead atoms. The summed E-state index contributed by atoms with van der Waals surface area (Å²) < 4.78 is 25.2. The van der Waals surface area contributed by atoms with Crippen molar-refractivity contribution in [2.75, 3.05) is 26.3 Å². The molecule has 2 saturated heterocycles. The van der Waals surface area contributed by atoms with Gasteiger partial charge < -0.3 is 9.26 Å². The zero-order valence-corrected chi connectivity index (χ0v) is 16.9. The van der Waals surface area contributed by atoms with Crippen molar-refractivity contribution < 1.29 is 13.7 Å². The molecule has 0 radical (unpaired) electrons. The fourth-order valence-electron chi connectivity index (χ4n) is 4.87. The summed E-state index contributed by atoms with van der Waals surface area (Å²) in [5, 5.41) is 4.48. The van der Waals surface area contributed by atoms with Gasteiger partial charge in [0.15, 0.2) is 5.82 Å². The van der Waals surface area contributed by atoms with Crippen molar-refractivity contribution in [3.8, 4) is 0 Å². The Bertz CT molecular complexity index is 824. The molecule has 1 saturated carbocycles. The van der Waals surface area contributed by atoms with Crippen LogP contribution in [0.2, 0.25) is 0 Å². The van der Waals surface area contributed by atoms with Gasteiger partial charge in [0.05, 0.1) is 6.20 Å². The van der Waals surface area contributed by atoms with E-state index < -0.39 is 0 Å². The first-order chi connectivity index (χ1) is 14.2. The first-order valence-corrected chi connectivity index (χ1v) is 10.9. The quantitative estimate of drug-likeness (QED) is 0.734. The maximum atomic E-state index is 14.0. The summed E-state index contributed by atoms with van der Waals surface area (Å²) in [5.74, 6) is 2.60. The topological polar surface area (TPSA) is 64.3 Å². The molecule has 7 heteroatoms. The van der Waals surface area contributed by atoms with Crippen molar-refractivity contribution >= 4 is 0 Å². The third kappa shape index (κ3) is 4.21. The zero-order chi connectivity index (χ0) is 19.7. The molecule has 0 unspecified atom stereocenters. The van der Waals surface area contributed by atoms with E-state index in [9.17, 15) is 4.39 Å². The highest BCUT2D eigenvalue weighted by atomic mass is 19.1. The number of rotatable bonds is 6. The van der Waals surface area contributed by atoms with Crippen LogP contribution in [0.15, 0.2) is 23.0 Å². The van der Waals surface area contributed by atoms with Gasteiger partial charge in [-0.25, -0.2) is 4.39 Å². The molecule has 29 heavy (non-hydrogen) atoms. The Kier molecular flexibility index (Phi) is 5.35. The number of hydrogen-bond acceptors (Lipinski definition) is 6. The van der Waals surface area contributed by atoms with Crippen LogP contribution in [0.4, 0.5) is 4.39 Å². The number of halogens is 1. The molecule has 0 amide bonds. The van der Waals surface area contributed by atoms with Crippen molar-refractivity contribution in [2.45, 2.75) is 62.8 Å². The summed E-state index contributed by atoms with van der Waals surface area (Å²) in [6.45, 7) is 4.03. The van der Waals surface area contributed by atoms with Crippen molar-refractivity contribution in [3.63, 3.8) is 0 Å². The summed E-state index contributed by atoms with van der Waals surface area (Å²) in [6, 6.07) is 1.78. The maximum Gasteiger partial charge on any atom is 0.229 e. The molecule has 1 aliphatic carbocycles. The summed E-state index contributed by atoms with van der Waals surface area (Å²) in [7, 11) is 0. The number of likely N-dealkylation sites (tertiary alicyclic amines) is 1. The number of piperidine rings is 1. The fraction of sp³-hybridized carbons (Fsp3) is 0.682. The molecule has 5 rings (SSSR count). The summed E-state index contributed by atoms with van der Waals surface area (Å²) in [5.41, 5.74) is 0.720. The van der Waals surface area contributed by atoms with Crippen LogP contribution in [0, 0.1) is 11.7 Å². The predicted molar refractivity (Wildman–Crippen MR) is 105 cm³/mol. The normalized spacial score (nSPS) is 23.3. The summed E-state index contributed by atoms with van der Waals surface area (Å²) in [4.78, 5) is 11.1. The second-order valence-corrected chi connectivity index (χ2v) is 9.01. The minimum absolute atomic E-state index is 0.00136. The van der Waals surface area contributed by atoms with Gasteiger partial charge in [-0.05, 0) is 57.2 Å². The van der Waals surface area contributed by atoms with E-state index in [0.717, 1.165) is 81.6 Å². The molecule has 0 aromatic carbocycles. The number of aromatic nitrogens is 3. The Balaban J connectivity index is 1.30. The van der Waals surface area contributed by atoms with E-state index in [-0.39, 0.29) is 11.2 Å². The maximum absolute atomic E-state index is 14.0. The molecular weight excluding hydrogens is 371 g/mol. The molecule has 0 atom stereocenters. The minimum Gasteiger partial charge on any atom is -0.381 e. The molecule has 6 nitrogen and oxygen atoms in total. The summed E-state index contributed by atoms with van der Waals surface area (Å²) >= 11 is 0. The Hall–Kier alpha value is -1.86. The van der Waals surface area contributed by atoms with Crippen LogP contribution in [-0.2, 0) is 16.7 Å². The molecule has 2 aromatic rings. The van der Waals surface area contributed by atoms with Crippen LogP contribution in [0.3, 0.4) is 0 Å². The van der Waals surface area contributed by atoms with Crippen molar-refractivity contribution in [3.05, 3.63) is 41.6 Å². The van der Waals surface area contributed by atoms with Gasteiger partial charge in [-0.3, -0.25) is 9.88 Å². The predicted octanol–water partition coefficient (Wildman–Crippen LogP) is 3.83. The number of pyridine rings is 1. The lowest BCUT2D eigenvalue weighted by Gasteiger charge is -2.40. The third-order valence-electron chi connectivity index (χ3n) is 6.93. The van der Waals surface area contributed by atoms with E-state index in [0.29, 0.717) is 12.5 Å². The zero-order valence-electron chi connectivity index (χ0n) is 16.9. The molecular formula is C22H29FN4O2. The Morgan fingerprint density at radius 2 is 1.93 bits per heavy atom. The van der Waals surface area contributed by atoms with Crippen molar-refractivity contribution in [2.24, 2.45) is 5.92 Å². The molecule has 3 fully saturated rings. The van der Waals surface area contributed by atoms with Crippen LogP contribution < -0.4 is 0 Å². The molecule has 156 valence electrons. The van der Waals surface area contributed by atoms with E-state index in [2.05, 4.69) is 15.0 Å². The van der Waals surface area contributed by atoms with Crippen LogP contribution in [-0.4, -0.2) is 46.3 Å². The van der Waals surface area contributed by atoms with Gasteiger partial charge >= 0.3 is 0 Å². The lowest BCUT2D eigenvalue weighted by atomic mass is 9.73. The van der Waals surface area contributed by atoms with E-state index in [1.165, 1.54) is 19.0 Å². The monoisotopic (exact) mass is 400 g/mol. The minimum atomic E-state index is -0.221. The van der Waals surface area contributed by atoms with Gasteiger partial charge in [0.25, 0.3) is 0 Å². The summed E-state index contributed by atoms with van der Waals surface area (Å²) in [6.07, 6.45) is 10.7. The van der Waals surface area contributed by atoms with Crippen molar-refractivity contribution in [1.82, 2.24) is 20.0 Å². The van der Waals surface area contributed by atoms with Crippen molar-refractivity contribution in [1.29, 1.82) is 0 Å². The van der Waals surface area contributed by atoms with Crippen LogP contribution in [0.1, 0.15) is 68.1 Å². The lowest BCUT2D eigenvalue weighted by molar-refractivity contribution is 0.0778. The molecule has 2 aromatic heterocycles. The molecule has 0 spiro atoms. The number of hydrogen-bond donors (Lipinski definition) is 0. The average molecular weight is 400 g/mol. The fourth-order valence-corrected chi connectivity index (χ4v) is 4.87. The van der Waals surface area contributed by atoms with Gasteiger partial charge in [-0.1, -0.05) is 18.0 Å². The smallest absolute Gasteiger partial charge is 0.229 e. The molecule has 0 N–H and O–H groups in total. The third-order valence-corrected chi connectivity index (χ3v) is 6.93. The lowest BCUT2D eigenvalue weighted by Crippen LogP contribution is -2.43. The van der Waals surface area contributed by atoms with Gasteiger partial charge in [0, 0.05) is 42.9 Å². The van der Waals surface area contributed by atoms with E-state index in [1.807, 2.05) is 0 Å². The highest BCUT2D eigenvalue weighted by Crippen LogP contribution is 2.47. The number of ether oxygens (including phenoxy) is 1. The van der Waals surface area contributed by atoms with Crippen LogP contribution in [0.5, 0.6) is 0 Å². The Morgan fingerprint density at radius 1 is 1.14 bits per heavy atom. The molecule has 2 aliphatic heterocycles. The molecule has 3 aliphatic rings. The number of nitrogens with zero attached hydrogens (tertiary/aromatic N) is 4. The second kappa shape index (κ2) is 8.11. The first-order valence-electron chi connectivity index (χ1n) is 10.9. The van der Waals surface area contributed by atoms with Gasteiger partial charge in [-0.2, -0.15) is 4.98 Å². The second-order valence-electron chi connectivity index (χ2n) is 9.01. The van der Waals surface area contributed by atoms with Gasteiger partial charge in [-0.15, -0.1) is 0 Å². The Morgan fingerprint density at radius 3 is 2.66 bits per heavy atom. The SMILES string of the molecule is Fc1cnccc1CN1CCC(CC2CC2)(c2noc(C3CCOCC3)n2)CC1. The largest absolute Gasteiger partial charge is 0.381 e. The average Bonchev–Trinajstić information content (AvgIpc) is 3.42.